The van der Waals surface area contributed by atoms with E-state index in [1.807, 2.05) is 35.8 Å². The Kier molecular flexibility index (Phi) is 3.99. The number of hydrogen-bond acceptors (Lipinski definition) is 5. The molecule has 94 valence electrons. The average molecular weight is 263 g/mol. The van der Waals surface area contributed by atoms with Gasteiger partial charge in [0.1, 0.15) is 6.33 Å². The molecule has 0 atom stereocenters. The molecule has 1 aromatic heterocycles. The standard InChI is InChI=1S/C12H13N3O2S/c1-9-5-3-4-6-10(9)15-8-13-14-12(15)18-7-11(16)17-2/h3-6,8H,7H2,1-2H3. The van der Waals surface area contributed by atoms with Crippen molar-refractivity contribution in [2.45, 2.75) is 12.1 Å². The van der Waals surface area contributed by atoms with Crippen LogP contribution in [-0.4, -0.2) is 33.6 Å². The number of esters is 1. The van der Waals surface area contributed by atoms with Gasteiger partial charge in [0.25, 0.3) is 0 Å². The summed E-state index contributed by atoms with van der Waals surface area (Å²) in [5, 5.41) is 8.57. The SMILES string of the molecule is COC(=O)CSc1nncn1-c1ccccc1C. The van der Waals surface area contributed by atoms with Crippen molar-refractivity contribution in [3.8, 4) is 5.69 Å². The highest BCUT2D eigenvalue weighted by Gasteiger charge is 2.11. The van der Waals surface area contributed by atoms with E-state index >= 15 is 0 Å². The van der Waals surface area contributed by atoms with Crippen molar-refractivity contribution in [1.29, 1.82) is 0 Å². The molecule has 0 aliphatic carbocycles. The van der Waals surface area contributed by atoms with Crippen molar-refractivity contribution in [1.82, 2.24) is 14.8 Å². The van der Waals surface area contributed by atoms with Crippen LogP contribution in [0, 0.1) is 6.92 Å². The summed E-state index contributed by atoms with van der Waals surface area (Å²) in [6.07, 6.45) is 1.64. The van der Waals surface area contributed by atoms with Crippen LogP contribution in [0.3, 0.4) is 0 Å². The van der Waals surface area contributed by atoms with Gasteiger partial charge < -0.3 is 4.74 Å². The summed E-state index contributed by atoms with van der Waals surface area (Å²) in [6, 6.07) is 7.94. The van der Waals surface area contributed by atoms with Crippen molar-refractivity contribution in [3.05, 3.63) is 36.2 Å². The van der Waals surface area contributed by atoms with Crippen molar-refractivity contribution < 1.29 is 9.53 Å². The quantitative estimate of drug-likeness (QED) is 0.622. The molecule has 2 aromatic rings. The molecule has 0 saturated heterocycles. The molecule has 0 aliphatic heterocycles. The van der Waals surface area contributed by atoms with E-state index in [9.17, 15) is 4.79 Å². The molecule has 0 fully saturated rings. The van der Waals surface area contributed by atoms with Crippen LogP contribution in [0.25, 0.3) is 5.69 Å². The van der Waals surface area contributed by atoms with E-state index in [4.69, 9.17) is 0 Å². The van der Waals surface area contributed by atoms with E-state index in [0.29, 0.717) is 5.16 Å². The molecule has 1 aromatic carbocycles. The summed E-state index contributed by atoms with van der Waals surface area (Å²) in [4.78, 5) is 11.1. The minimum atomic E-state index is -0.278. The third-order valence-electron chi connectivity index (χ3n) is 2.44. The van der Waals surface area contributed by atoms with Crippen LogP contribution < -0.4 is 0 Å². The molecule has 0 amide bonds. The Balaban J connectivity index is 2.23. The van der Waals surface area contributed by atoms with E-state index in [1.54, 1.807) is 6.33 Å². The van der Waals surface area contributed by atoms with Crippen molar-refractivity contribution in [2.24, 2.45) is 0 Å². The van der Waals surface area contributed by atoms with Gasteiger partial charge in [0.2, 0.25) is 0 Å². The summed E-state index contributed by atoms with van der Waals surface area (Å²) in [5.41, 5.74) is 2.13. The first-order valence-corrected chi connectivity index (χ1v) is 6.36. The second kappa shape index (κ2) is 5.68. The fourth-order valence-electron chi connectivity index (χ4n) is 1.50. The van der Waals surface area contributed by atoms with Crippen LogP contribution in [0.5, 0.6) is 0 Å². The third kappa shape index (κ3) is 2.70. The lowest BCUT2D eigenvalue weighted by molar-refractivity contribution is -0.137. The number of ether oxygens (including phenoxy) is 1. The Hall–Kier alpha value is -1.82. The fourth-order valence-corrected chi connectivity index (χ4v) is 2.26. The number of methoxy groups -OCH3 is 1. The lowest BCUT2D eigenvalue weighted by Crippen LogP contribution is -2.05. The van der Waals surface area contributed by atoms with Crippen LogP contribution in [0.15, 0.2) is 35.7 Å². The van der Waals surface area contributed by atoms with Gasteiger partial charge in [-0.2, -0.15) is 0 Å². The highest BCUT2D eigenvalue weighted by molar-refractivity contribution is 7.99. The fraction of sp³-hybridized carbons (Fsp3) is 0.250. The molecule has 18 heavy (non-hydrogen) atoms. The number of benzene rings is 1. The molecule has 0 saturated carbocycles. The second-order valence-electron chi connectivity index (χ2n) is 3.63. The zero-order chi connectivity index (χ0) is 13.0. The summed E-state index contributed by atoms with van der Waals surface area (Å²) in [5.74, 6) is -0.0551. The number of hydrogen-bond donors (Lipinski definition) is 0. The molecule has 0 radical (unpaired) electrons. The molecule has 0 bridgehead atoms. The minimum absolute atomic E-state index is 0.223. The molecule has 2 rings (SSSR count). The Morgan fingerprint density at radius 1 is 1.44 bits per heavy atom. The van der Waals surface area contributed by atoms with Crippen molar-refractivity contribution >= 4 is 17.7 Å². The van der Waals surface area contributed by atoms with Gasteiger partial charge in [-0.3, -0.25) is 9.36 Å². The molecule has 0 aliphatic rings. The van der Waals surface area contributed by atoms with E-state index in [0.717, 1.165) is 11.3 Å². The number of aryl methyl sites for hydroxylation is 1. The zero-order valence-electron chi connectivity index (χ0n) is 10.2. The number of para-hydroxylation sites is 1. The van der Waals surface area contributed by atoms with Gasteiger partial charge in [-0.25, -0.2) is 0 Å². The van der Waals surface area contributed by atoms with Gasteiger partial charge in [0.15, 0.2) is 5.16 Å². The zero-order valence-corrected chi connectivity index (χ0v) is 11.0. The third-order valence-corrected chi connectivity index (χ3v) is 3.35. The van der Waals surface area contributed by atoms with Gasteiger partial charge in [0.05, 0.1) is 18.6 Å². The Labute approximate surface area is 109 Å². The summed E-state index contributed by atoms with van der Waals surface area (Å²) >= 11 is 1.30. The summed E-state index contributed by atoms with van der Waals surface area (Å²) < 4.78 is 6.46. The minimum Gasteiger partial charge on any atom is -0.468 e. The monoisotopic (exact) mass is 263 g/mol. The number of carbonyl (C=O) groups excluding carboxylic acids is 1. The van der Waals surface area contributed by atoms with Gasteiger partial charge in [-0.1, -0.05) is 30.0 Å². The number of thioether (sulfide) groups is 1. The Morgan fingerprint density at radius 3 is 2.94 bits per heavy atom. The van der Waals surface area contributed by atoms with Gasteiger partial charge in [-0.05, 0) is 18.6 Å². The smallest absolute Gasteiger partial charge is 0.316 e. The lowest BCUT2D eigenvalue weighted by Gasteiger charge is -2.08. The number of carbonyl (C=O) groups is 1. The second-order valence-corrected chi connectivity index (χ2v) is 4.58. The average Bonchev–Trinajstić information content (AvgIpc) is 2.84. The number of aromatic nitrogens is 3. The molecule has 5 nitrogen and oxygen atoms in total. The number of rotatable bonds is 4. The largest absolute Gasteiger partial charge is 0.468 e. The molecular formula is C12H13N3O2S. The lowest BCUT2D eigenvalue weighted by atomic mass is 10.2. The normalized spacial score (nSPS) is 10.3. The van der Waals surface area contributed by atoms with E-state index in [2.05, 4.69) is 14.9 Å². The van der Waals surface area contributed by atoms with Gasteiger partial charge in [0, 0.05) is 0 Å². The molecule has 0 N–H and O–H groups in total. The van der Waals surface area contributed by atoms with Crippen LogP contribution in [0.2, 0.25) is 0 Å². The van der Waals surface area contributed by atoms with Gasteiger partial charge in [-0.15, -0.1) is 10.2 Å². The summed E-state index contributed by atoms with van der Waals surface area (Å²) in [7, 11) is 1.37. The van der Waals surface area contributed by atoms with E-state index in [1.165, 1.54) is 18.9 Å². The van der Waals surface area contributed by atoms with Crippen LogP contribution in [0.1, 0.15) is 5.56 Å². The number of nitrogens with zero attached hydrogens (tertiary/aromatic N) is 3. The topological polar surface area (TPSA) is 57.0 Å². The Bertz CT molecular complexity index is 554. The van der Waals surface area contributed by atoms with Gasteiger partial charge >= 0.3 is 5.97 Å². The highest BCUT2D eigenvalue weighted by atomic mass is 32.2. The maximum atomic E-state index is 11.1. The van der Waals surface area contributed by atoms with Crippen molar-refractivity contribution in [2.75, 3.05) is 12.9 Å². The van der Waals surface area contributed by atoms with E-state index < -0.39 is 0 Å². The molecule has 6 heteroatoms. The summed E-state index contributed by atoms with van der Waals surface area (Å²) in [6.45, 7) is 2.02. The first kappa shape index (κ1) is 12.6. The molecule has 1 heterocycles. The molecule has 0 unspecified atom stereocenters. The van der Waals surface area contributed by atoms with Crippen LogP contribution >= 0.6 is 11.8 Å². The first-order valence-electron chi connectivity index (χ1n) is 5.38. The maximum Gasteiger partial charge on any atom is 0.316 e. The van der Waals surface area contributed by atoms with E-state index in [-0.39, 0.29) is 11.7 Å². The highest BCUT2D eigenvalue weighted by Crippen LogP contribution is 2.21. The predicted octanol–water partition coefficient (Wildman–Crippen LogP) is 1.84. The van der Waals surface area contributed by atoms with Crippen molar-refractivity contribution in [3.63, 3.8) is 0 Å². The maximum absolute atomic E-state index is 11.1. The Morgan fingerprint density at radius 2 is 2.22 bits per heavy atom. The molecule has 0 spiro atoms. The van der Waals surface area contributed by atoms with Crippen LogP contribution in [0.4, 0.5) is 0 Å². The molecular weight excluding hydrogens is 250 g/mol. The predicted molar refractivity (Wildman–Crippen MR) is 68.8 cm³/mol. The first-order chi connectivity index (χ1) is 8.72. The van der Waals surface area contributed by atoms with Crippen LogP contribution in [-0.2, 0) is 9.53 Å².